The van der Waals surface area contributed by atoms with Crippen molar-refractivity contribution in [2.24, 2.45) is 0 Å². The van der Waals surface area contributed by atoms with Gasteiger partial charge in [0.25, 0.3) is 0 Å². The van der Waals surface area contributed by atoms with Crippen LogP contribution < -0.4 is 5.63 Å². The average Bonchev–Trinajstić information content (AvgIpc) is 2.58. The fourth-order valence-corrected chi connectivity index (χ4v) is 3.12. The van der Waals surface area contributed by atoms with Crippen LogP contribution in [0.25, 0.3) is 32.8 Å². The number of halogens is 3. The van der Waals surface area contributed by atoms with Crippen LogP contribution in [0.1, 0.15) is 18.1 Å². The molecule has 0 N–H and O–H groups in total. The summed E-state index contributed by atoms with van der Waals surface area (Å²) in [6.07, 6.45) is -4.12. The number of aryl methyl sites for hydroxylation is 1. The number of fused-ring (bicyclic) bond motifs is 4. The number of benzene rings is 2. The molecule has 4 aromatic rings. The molecule has 0 atom stereocenters. The molecule has 0 spiro atoms. The third-order valence-corrected chi connectivity index (χ3v) is 4.29. The van der Waals surface area contributed by atoms with Gasteiger partial charge < -0.3 is 4.42 Å². The Hall–Kier alpha value is -2.89. The first kappa shape index (κ1) is 15.6. The number of hydrogen-bond donors (Lipinski definition) is 0. The topological polar surface area (TPSA) is 43.1 Å². The number of nitrogens with zero attached hydrogens (tertiary/aromatic N) is 1. The molecule has 0 fully saturated rings. The van der Waals surface area contributed by atoms with Crippen LogP contribution in [0, 0.1) is 0 Å². The minimum Gasteiger partial charge on any atom is -0.422 e. The Balaban J connectivity index is 2.34. The summed E-state index contributed by atoms with van der Waals surface area (Å²) < 4.78 is 46.7. The molecule has 25 heavy (non-hydrogen) atoms. The van der Waals surface area contributed by atoms with Crippen LogP contribution in [0.2, 0.25) is 0 Å². The van der Waals surface area contributed by atoms with Crippen LogP contribution >= 0.6 is 0 Å². The van der Waals surface area contributed by atoms with E-state index in [2.05, 4.69) is 4.98 Å². The second-order valence-corrected chi connectivity index (χ2v) is 5.80. The van der Waals surface area contributed by atoms with Crippen LogP contribution in [-0.4, -0.2) is 4.98 Å². The Morgan fingerprint density at radius 1 is 1.08 bits per heavy atom. The lowest BCUT2D eigenvalue weighted by Crippen LogP contribution is -2.14. The summed E-state index contributed by atoms with van der Waals surface area (Å²) >= 11 is 0. The highest BCUT2D eigenvalue weighted by Crippen LogP contribution is 2.39. The molecule has 0 bridgehead atoms. The molecule has 2 heterocycles. The summed E-state index contributed by atoms with van der Waals surface area (Å²) in [5.74, 6) is 0. The Morgan fingerprint density at radius 2 is 1.84 bits per heavy atom. The number of rotatable bonds is 1. The SMILES string of the molecule is CCc1ccc2nc3c(c(C(F)(F)F)c2c1)c(=O)oc1ccccc13. The van der Waals surface area contributed by atoms with Gasteiger partial charge >= 0.3 is 11.8 Å². The molecule has 0 amide bonds. The van der Waals surface area contributed by atoms with Crippen molar-refractivity contribution in [1.29, 1.82) is 0 Å². The van der Waals surface area contributed by atoms with Crippen molar-refractivity contribution in [2.75, 3.05) is 0 Å². The smallest absolute Gasteiger partial charge is 0.417 e. The molecule has 0 saturated heterocycles. The minimum atomic E-state index is -4.71. The first-order chi connectivity index (χ1) is 11.9. The zero-order valence-corrected chi connectivity index (χ0v) is 13.1. The third kappa shape index (κ3) is 2.36. The number of pyridine rings is 1. The Bertz CT molecular complexity index is 1190. The second-order valence-electron chi connectivity index (χ2n) is 5.80. The lowest BCUT2D eigenvalue weighted by atomic mass is 9.99. The quantitative estimate of drug-likeness (QED) is 0.275. The molecule has 0 radical (unpaired) electrons. The lowest BCUT2D eigenvalue weighted by molar-refractivity contribution is -0.135. The highest BCUT2D eigenvalue weighted by molar-refractivity contribution is 6.08. The van der Waals surface area contributed by atoms with Gasteiger partial charge in [-0.05, 0) is 36.2 Å². The molecule has 0 aliphatic heterocycles. The molecule has 0 aliphatic carbocycles. The summed E-state index contributed by atoms with van der Waals surface area (Å²) in [4.78, 5) is 16.7. The molecule has 0 aliphatic rings. The lowest BCUT2D eigenvalue weighted by Gasteiger charge is -2.14. The van der Waals surface area contributed by atoms with Crippen molar-refractivity contribution in [3.05, 3.63) is 64.0 Å². The molecule has 2 aromatic carbocycles. The van der Waals surface area contributed by atoms with Gasteiger partial charge in [-0.25, -0.2) is 9.78 Å². The van der Waals surface area contributed by atoms with E-state index in [1.165, 1.54) is 12.1 Å². The molecule has 0 unspecified atom stereocenters. The largest absolute Gasteiger partial charge is 0.422 e. The first-order valence-electron chi connectivity index (χ1n) is 7.75. The van der Waals surface area contributed by atoms with Gasteiger partial charge in [0.15, 0.2) is 0 Å². The monoisotopic (exact) mass is 343 g/mol. The number of para-hydroxylation sites is 1. The average molecular weight is 343 g/mol. The number of alkyl halides is 3. The summed E-state index contributed by atoms with van der Waals surface area (Å²) in [5.41, 5.74) is -0.849. The van der Waals surface area contributed by atoms with E-state index in [9.17, 15) is 18.0 Å². The molecule has 0 saturated carbocycles. The van der Waals surface area contributed by atoms with Gasteiger partial charge in [-0.2, -0.15) is 13.2 Å². The van der Waals surface area contributed by atoms with Crippen molar-refractivity contribution in [3.8, 4) is 0 Å². The normalized spacial score (nSPS) is 12.3. The number of aromatic nitrogens is 1. The van der Waals surface area contributed by atoms with E-state index in [1.807, 2.05) is 6.92 Å². The van der Waals surface area contributed by atoms with Gasteiger partial charge in [-0.3, -0.25) is 0 Å². The molecule has 3 nitrogen and oxygen atoms in total. The Labute approximate surface area is 139 Å². The molecular weight excluding hydrogens is 331 g/mol. The summed E-state index contributed by atoms with van der Waals surface area (Å²) in [5, 5.41) is -0.224. The van der Waals surface area contributed by atoms with Crippen molar-refractivity contribution >= 4 is 32.8 Å². The molecular formula is C19H12F3NO2. The zero-order chi connectivity index (χ0) is 17.8. The highest BCUT2D eigenvalue weighted by atomic mass is 19.4. The van der Waals surface area contributed by atoms with Crippen LogP contribution in [0.15, 0.2) is 51.7 Å². The van der Waals surface area contributed by atoms with Gasteiger partial charge in [-0.15, -0.1) is 0 Å². The summed E-state index contributed by atoms with van der Waals surface area (Å²) in [6, 6.07) is 11.2. The van der Waals surface area contributed by atoms with E-state index in [0.717, 1.165) is 5.56 Å². The van der Waals surface area contributed by atoms with Gasteiger partial charge in [-0.1, -0.05) is 25.1 Å². The highest BCUT2D eigenvalue weighted by Gasteiger charge is 2.37. The minimum absolute atomic E-state index is 0.0101. The maximum absolute atomic E-state index is 13.9. The second kappa shape index (κ2) is 5.31. The van der Waals surface area contributed by atoms with Crippen molar-refractivity contribution < 1.29 is 17.6 Å². The van der Waals surface area contributed by atoms with Crippen molar-refractivity contribution in [1.82, 2.24) is 4.98 Å². The van der Waals surface area contributed by atoms with E-state index < -0.39 is 22.8 Å². The fraction of sp³-hybridized carbons (Fsp3) is 0.158. The van der Waals surface area contributed by atoms with Gasteiger partial charge in [0.05, 0.1) is 22.0 Å². The maximum atomic E-state index is 13.9. The summed E-state index contributed by atoms with van der Waals surface area (Å²) in [6.45, 7) is 1.85. The Morgan fingerprint density at radius 3 is 2.56 bits per heavy atom. The summed E-state index contributed by atoms with van der Waals surface area (Å²) in [7, 11) is 0. The standard InChI is InChI=1S/C19H12F3NO2/c1-2-10-7-8-13-12(9-10)16(19(20,21)22)15-17(23-13)11-5-3-4-6-14(11)25-18(15)24/h3-9H,2H2,1H3. The number of hydrogen-bond acceptors (Lipinski definition) is 3. The van der Waals surface area contributed by atoms with Crippen LogP contribution in [-0.2, 0) is 12.6 Å². The molecule has 6 heteroatoms. The van der Waals surface area contributed by atoms with E-state index in [0.29, 0.717) is 11.8 Å². The molecule has 126 valence electrons. The molecule has 2 aromatic heterocycles. The predicted molar refractivity (Wildman–Crippen MR) is 89.7 cm³/mol. The van der Waals surface area contributed by atoms with E-state index >= 15 is 0 Å². The van der Waals surface area contributed by atoms with E-state index in [4.69, 9.17) is 4.42 Å². The van der Waals surface area contributed by atoms with Crippen LogP contribution in [0.5, 0.6) is 0 Å². The zero-order valence-electron chi connectivity index (χ0n) is 13.1. The van der Waals surface area contributed by atoms with Gasteiger partial charge in [0.1, 0.15) is 5.58 Å². The van der Waals surface area contributed by atoms with E-state index in [-0.39, 0.29) is 22.0 Å². The van der Waals surface area contributed by atoms with Crippen LogP contribution in [0.4, 0.5) is 13.2 Å². The third-order valence-electron chi connectivity index (χ3n) is 4.29. The predicted octanol–water partition coefficient (Wildman–Crippen LogP) is 5.08. The molecule has 4 rings (SSSR count). The maximum Gasteiger partial charge on any atom is 0.417 e. The van der Waals surface area contributed by atoms with Crippen molar-refractivity contribution in [2.45, 2.75) is 19.5 Å². The Kier molecular flexibility index (Phi) is 3.32. The van der Waals surface area contributed by atoms with Crippen LogP contribution in [0.3, 0.4) is 0 Å². The van der Waals surface area contributed by atoms with E-state index in [1.54, 1.807) is 30.3 Å². The van der Waals surface area contributed by atoms with Crippen molar-refractivity contribution in [3.63, 3.8) is 0 Å². The fourth-order valence-electron chi connectivity index (χ4n) is 3.12. The first-order valence-corrected chi connectivity index (χ1v) is 7.75. The van der Waals surface area contributed by atoms with Gasteiger partial charge in [0.2, 0.25) is 0 Å². The van der Waals surface area contributed by atoms with Gasteiger partial charge in [0, 0.05) is 10.8 Å².